The first kappa shape index (κ1) is 16.8. The highest BCUT2D eigenvalue weighted by Crippen LogP contribution is 2.27. The van der Waals surface area contributed by atoms with Gasteiger partial charge in [-0.25, -0.2) is 4.98 Å². The summed E-state index contributed by atoms with van der Waals surface area (Å²) in [4.78, 5) is 22.6. The molecule has 0 unspecified atom stereocenters. The van der Waals surface area contributed by atoms with Crippen LogP contribution in [-0.2, 0) is 0 Å². The van der Waals surface area contributed by atoms with Gasteiger partial charge in [0.15, 0.2) is 0 Å². The molecule has 3 aromatic rings. The Morgan fingerprint density at radius 1 is 1.23 bits per heavy atom. The predicted molar refractivity (Wildman–Crippen MR) is 105 cm³/mol. The summed E-state index contributed by atoms with van der Waals surface area (Å²) in [6.45, 7) is 3.10. The predicted octanol–water partition coefficient (Wildman–Crippen LogP) is 5.02. The van der Waals surface area contributed by atoms with Crippen molar-refractivity contribution in [2.75, 3.05) is 6.54 Å². The molecule has 2 aromatic carbocycles. The number of rotatable bonds is 5. The molecule has 4 rings (SSSR count). The van der Waals surface area contributed by atoms with Crippen molar-refractivity contribution < 1.29 is 4.79 Å². The van der Waals surface area contributed by atoms with Gasteiger partial charge in [0.05, 0.1) is 17.4 Å². The van der Waals surface area contributed by atoms with Crippen LogP contribution >= 0.6 is 0 Å². The standard InChI is InChI=1S/C22H25N3O/c1-2-3-8-19-9-5-12-25(19)22(26)18-7-4-6-16(13-18)17-10-11-20-21(14-17)24-15-23-20/h4,6-7,10-11,13-15,19H,2-3,5,8-9,12H2,1H3,(H,23,24)/t19-/m0/s1. The molecule has 1 atom stereocenters. The summed E-state index contributed by atoms with van der Waals surface area (Å²) >= 11 is 0. The van der Waals surface area contributed by atoms with Crippen LogP contribution in [0.2, 0.25) is 0 Å². The molecular weight excluding hydrogens is 322 g/mol. The number of benzene rings is 2. The SMILES string of the molecule is CCCC[C@H]1CCCN1C(=O)c1cccc(-c2ccc3nc[nH]c3c2)c1. The van der Waals surface area contributed by atoms with E-state index in [-0.39, 0.29) is 5.91 Å². The van der Waals surface area contributed by atoms with Gasteiger partial charge in [0.2, 0.25) is 0 Å². The maximum atomic E-state index is 13.1. The van der Waals surface area contributed by atoms with Crippen LogP contribution in [0.15, 0.2) is 48.8 Å². The third-order valence-electron chi connectivity index (χ3n) is 5.39. The van der Waals surface area contributed by atoms with Crippen LogP contribution in [0.1, 0.15) is 49.4 Å². The molecule has 134 valence electrons. The average molecular weight is 347 g/mol. The average Bonchev–Trinajstić information content (AvgIpc) is 3.34. The number of likely N-dealkylation sites (tertiary alicyclic amines) is 1. The Morgan fingerprint density at radius 3 is 3.00 bits per heavy atom. The molecule has 2 heterocycles. The lowest BCUT2D eigenvalue weighted by Crippen LogP contribution is -2.35. The van der Waals surface area contributed by atoms with Crippen LogP contribution in [0.4, 0.5) is 0 Å². The van der Waals surface area contributed by atoms with Crippen molar-refractivity contribution in [2.45, 2.75) is 45.1 Å². The summed E-state index contributed by atoms with van der Waals surface area (Å²) in [6, 6.07) is 14.6. The van der Waals surface area contributed by atoms with E-state index in [2.05, 4.69) is 40.0 Å². The molecule has 1 aromatic heterocycles. The van der Waals surface area contributed by atoms with Crippen molar-refractivity contribution in [3.05, 3.63) is 54.4 Å². The number of imidazole rings is 1. The first-order chi connectivity index (χ1) is 12.8. The summed E-state index contributed by atoms with van der Waals surface area (Å²) in [5.41, 5.74) is 4.92. The molecule has 1 amide bonds. The molecule has 26 heavy (non-hydrogen) atoms. The van der Waals surface area contributed by atoms with Gasteiger partial charge in [-0.05, 0) is 54.7 Å². The van der Waals surface area contributed by atoms with Crippen molar-refractivity contribution in [3.8, 4) is 11.1 Å². The lowest BCUT2D eigenvalue weighted by atomic mass is 10.0. The Kier molecular flexibility index (Phi) is 4.74. The van der Waals surface area contributed by atoms with Gasteiger partial charge in [-0.1, -0.05) is 38.0 Å². The number of nitrogens with zero attached hydrogens (tertiary/aromatic N) is 2. The Hall–Kier alpha value is -2.62. The zero-order valence-electron chi connectivity index (χ0n) is 15.2. The summed E-state index contributed by atoms with van der Waals surface area (Å²) in [6.07, 6.45) is 7.47. The minimum Gasteiger partial charge on any atom is -0.345 e. The lowest BCUT2D eigenvalue weighted by molar-refractivity contribution is 0.0729. The topological polar surface area (TPSA) is 49.0 Å². The third-order valence-corrected chi connectivity index (χ3v) is 5.39. The maximum Gasteiger partial charge on any atom is 0.254 e. The second-order valence-corrected chi connectivity index (χ2v) is 7.15. The van der Waals surface area contributed by atoms with E-state index in [0.29, 0.717) is 6.04 Å². The van der Waals surface area contributed by atoms with Crippen molar-refractivity contribution in [2.24, 2.45) is 0 Å². The molecular formula is C22H25N3O. The van der Waals surface area contributed by atoms with Crippen LogP contribution in [0.5, 0.6) is 0 Å². The third kappa shape index (κ3) is 3.24. The van der Waals surface area contributed by atoms with Gasteiger partial charge in [0, 0.05) is 18.2 Å². The fraction of sp³-hybridized carbons (Fsp3) is 0.364. The van der Waals surface area contributed by atoms with Gasteiger partial charge in [-0.3, -0.25) is 4.79 Å². The number of aromatic nitrogens is 2. The number of hydrogen-bond donors (Lipinski definition) is 1. The Bertz CT molecular complexity index is 914. The van der Waals surface area contributed by atoms with Gasteiger partial charge >= 0.3 is 0 Å². The lowest BCUT2D eigenvalue weighted by Gasteiger charge is -2.25. The molecule has 1 aliphatic heterocycles. The zero-order valence-corrected chi connectivity index (χ0v) is 15.2. The summed E-state index contributed by atoms with van der Waals surface area (Å²) < 4.78 is 0. The van der Waals surface area contributed by atoms with E-state index in [1.807, 2.05) is 24.3 Å². The van der Waals surface area contributed by atoms with E-state index in [9.17, 15) is 4.79 Å². The first-order valence-corrected chi connectivity index (χ1v) is 9.61. The van der Waals surface area contributed by atoms with Gasteiger partial charge in [-0.2, -0.15) is 0 Å². The minimum absolute atomic E-state index is 0.174. The molecule has 0 saturated carbocycles. The molecule has 1 aliphatic rings. The number of carbonyl (C=O) groups is 1. The molecule has 0 aliphatic carbocycles. The van der Waals surface area contributed by atoms with E-state index in [0.717, 1.165) is 53.5 Å². The van der Waals surface area contributed by atoms with Gasteiger partial charge in [0.1, 0.15) is 0 Å². The van der Waals surface area contributed by atoms with Gasteiger partial charge in [0.25, 0.3) is 5.91 Å². The van der Waals surface area contributed by atoms with Crippen LogP contribution in [-0.4, -0.2) is 33.4 Å². The normalized spacial score (nSPS) is 17.1. The number of hydrogen-bond acceptors (Lipinski definition) is 2. The number of H-pyrrole nitrogens is 1. The van der Waals surface area contributed by atoms with E-state index < -0.39 is 0 Å². The first-order valence-electron chi connectivity index (χ1n) is 9.61. The van der Waals surface area contributed by atoms with E-state index in [1.165, 1.54) is 12.8 Å². The van der Waals surface area contributed by atoms with Crippen molar-refractivity contribution >= 4 is 16.9 Å². The highest BCUT2D eigenvalue weighted by molar-refractivity contribution is 5.96. The second kappa shape index (κ2) is 7.32. The minimum atomic E-state index is 0.174. The highest BCUT2D eigenvalue weighted by atomic mass is 16.2. The fourth-order valence-corrected chi connectivity index (χ4v) is 3.96. The number of fused-ring (bicyclic) bond motifs is 1. The van der Waals surface area contributed by atoms with Crippen molar-refractivity contribution in [1.29, 1.82) is 0 Å². The molecule has 0 bridgehead atoms. The van der Waals surface area contributed by atoms with Crippen LogP contribution in [0, 0.1) is 0 Å². The smallest absolute Gasteiger partial charge is 0.254 e. The Labute approximate surface area is 154 Å². The fourth-order valence-electron chi connectivity index (χ4n) is 3.96. The number of unbranched alkanes of at least 4 members (excludes halogenated alkanes) is 1. The van der Waals surface area contributed by atoms with Crippen LogP contribution < -0.4 is 0 Å². The van der Waals surface area contributed by atoms with Gasteiger partial charge in [-0.15, -0.1) is 0 Å². The largest absolute Gasteiger partial charge is 0.345 e. The summed E-state index contributed by atoms with van der Waals surface area (Å²) in [5.74, 6) is 0.174. The molecule has 0 radical (unpaired) electrons. The molecule has 4 nitrogen and oxygen atoms in total. The van der Waals surface area contributed by atoms with E-state index in [1.54, 1.807) is 6.33 Å². The number of carbonyl (C=O) groups excluding carboxylic acids is 1. The molecule has 0 spiro atoms. The highest BCUT2D eigenvalue weighted by Gasteiger charge is 2.28. The monoisotopic (exact) mass is 347 g/mol. The van der Waals surface area contributed by atoms with Gasteiger partial charge < -0.3 is 9.88 Å². The Morgan fingerprint density at radius 2 is 2.12 bits per heavy atom. The van der Waals surface area contributed by atoms with Crippen molar-refractivity contribution in [3.63, 3.8) is 0 Å². The second-order valence-electron chi connectivity index (χ2n) is 7.15. The Balaban J connectivity index is 1.59. The van der Waals surface area contributed by atoms with Crippen molar-refractivity contribution in [1.82, 2.24) is 14.9 Å². The molecule has 4 heteroatoms. The van der Waals surface area contributed by atoms with E-state index in [4.69, 9.17) is 0 Å². The number of aromatic amines is 1. The zero-order chi connectivity index (χ0) is 17.9. The summed E-state index contributed by atoms with van der Waals surface area (Å²) in [7, 11) is 0. The molecule has 1 fully saturated rings. The number of amides is 1. The maximum absolute atomic E-state index is 13.1. The number of nitrogens with one attached hydrogen (secondary N) is 1. The molecule has 1 N–H and O–H groups in total. The van der Waals surface area contributed by atoms with E-state index >= 15 is 0 Å². The van der Waals surface area contributed by atoms with Crippen LogP contribution in [0.3, 0.4) is 0 Å². The van der Waals surface area contributed by atoms with Crippen LogP contribution in [0.25, 0.3) is 22.2 Å². The summed E-state index contributed by atoms with van der Waals surface area (Å²) in [5, 5.41) is 0. The quantitative estimate of drug-likeness (QED) is 0.704. The molecule has 1 saturated heterocycles.